The molecule has 5 nitrogen and oxygen atoms in total. The molecule has 2 aliphatic rings. The molecule has 134 valence electrons. The van der Waals surface area contributed by atoms with Crippen LogP contribution < -0.4 is 15.0 Å². The van der Waals surface area contributed by atoms with Crippen molar-refractivity contribution in [1.29, 1.82) is 0 Å². The van der Waals surface area contributed by atoms with Crippen LogP contribution in [0.3, 0.4) is 0 Å². The van der Waals surface area contributed by atoms with Crippen LogP contribution in [0.15, 0.2) is 35.9 Å². The van der Waals surface area contributed by atoms with Crippen LogP contribution in [-0.2, 0) is 9.59 Å². The summed E-state index contributed by atoms with van der Waals surface area (Å²) in [5, 5.41) is 2.91. The van der Waals surface area contributed by atoms with Crippen molar-refractivity contribution in [2.24, 2.45) is 0 Å². The van der Waals surface area contributed by atoms with Crippen LogP contribution in [0, 0.1) is 0 Å². The molecule has 3 rings (SSSR count). The highest BCUT2D eigenvalue weighted by Crippen LogP contribution is 2.25. The molecular weight excluding hydrogens is 316 g/mol. The van der Waals surface area contributed by atoms with E-state index < -0.39 is 0 Å². The van der Waals surface area contributed by atoms with Gasteiger partial charge in [-0.1, -0.05) is 17.7 Å². The van der Waals surface area contributed by atoms with Crippen molar-refractivity contribution < 1.29 is 14.3 Å². The Kier molecular flexibility index (Phi) is 6.09. The van der Waals surface area contributed by atoms with Crippen molar-refractivity contribution >= 4 is 17.5 Å². The summed E-state index contributed by atoms with van der Waals surface area (Å²) >= 11 is 0. The summed E-state index contributed by atoms with van der Waals surface area (Å²) in [6, 6.07) is 7.38. The van der Waals surface area contributed by atoms with Crippen molar-refractivity contribution in [2.45, 2.75) is 44.9 Å². The SMILES string of the molecule is O=C(COc1cccc(N2CCCC2=O)c1)NCCC1=CCCCC1. The standard InChI is InChI=1S/C20H26N2O3/c23-19(21-12-11-16-6-2-1-3-7-16)15-25-18-9-4-8-17(14-18)22-13-5-10-20(22)24/h4,6,8-9,14H,1-3,5,7,10-13,15H2,(H,21,23). The van der Waals surface area contributed by atoms with E-state index >= 15 is 0 Å². The quantitative estimate of drug-likeness (QED) is 0.774. The third-order valence-electron chi connectivity index (χ3n) is 4.73. The summed E-state index contributed by atoms with van der Waals surface area (Å²) in [4.78, 5) is 25.5. The number of anilines is 1. The van der Waals surface area contributed by atoms with E-state index in [2.05, 4.69) is 11.4 Å². The van der Waals surface area contributed by atoms with Crippen LogP contribution >= 0.6 is 0 Å². The number of nitrogens with zero attached hydrogens (tertiary/aromatic N) is 1. The van der Waals surface area contributed by atoms with E-state index in [9.17, 15) is 9.59 Å². The number of carbonyl (C=O) groups excluding carboxylic acids is 2. The fourth-order valence-corrected chi connectivity index (χ4v) is 3.36. The van der Waals surface area contributed by atoms with Crippen molar-refractivity contribution in [2.75, 3.05) is 24.6 Å². The minimum Gasteiger partial charge on any atom is -0.484 e. The number of ether oxygens (including phenoxy) is 1. The first-order valence-corrected chi connectivity index (χ1v) is 9.20. The average molecular weight is 342 g/mol. The van der Waals surface area contributed by atoms with Crippen LogP contribution in [0.25, 0.3) is 0 Å². The number of carbonyl (C=O) groups is 2. The van der Waals surface area contributed by atoms with Gasteiger partial charge in [-0.25, -0.2) is 0 Å². The molecule has 1 aromatic carbocycles. The maximum Gasteiger partial charge on any atom is 0.257 e. The molecule has 1 aromatic rings. The summed E-state index contributed by atoms with van der Waals surface area (Å²) in [6.45, 7) is 1.41. The molecule has 0 bridgehead atoms. The number of benzene rings is 1. The summed E-state index contributed by atoms with van der Waals surface area (Å²) < 4.78 is 5.58. The van der Waals surface area contributed by atoms with Gasteiger partial charge in [0.2, 0.25) is 5.91 Å². The van der Waals surface area contributed by atoms with Crippen molar-refractivity contribution in [3.63, 3.8) is 0 Å². The van der Waals surface area contributed by atoms with Crippen LogP contribution in [0.2, 0.25) is 0 Å². The first kappa shape index (κ1) is 17.5. The Morgan fingerprint density at radius 1 is 1.20 bits per heavy atom. The lowest BCUT2D eigenvalue weighted by Crippen LogP contribution is -2.30. The first-order chi connectivity index (χ1) is 12.2. The molecule has 1 heterocycles. The van der Waals surface area contributed by atoms with Crippen LogP contribution in [0.4, 0.5) is 5.69 Å². The lowest BCUT2D eigenvalue weighted by Gasteiger charge is -2.16. The zero-order valence-electron chi connectivity index (χ0n) is 14.6. The van der Waals surface area contributed by atoms with Gasteiger partial charge in [0.05, 0.1) is 0 Å². The van der Waals surface area contributed by atoms with Crippen LogP contribution in [0.5, 0.6) is 5.75 Å². The number of hydrogen-bond acceptors (Lipinski definition) is 3. The van der Waals surface area contributed by atoms with E-state index in [0.29, 0.717) is 18.7 Å². The molecule has 1 aliphatic carbocycles. The maximum absolute atomic E-state index is 11.9. The predicted molar refractivity (Wildman–Crippen MR) is 97.7 cm³/mol. The smallest absolute Gasteiger partial charge is 0.257 e. The van der Waals surface area contributed by atoms with Gasteiger partial charge in [0.1, 0.15) is 5.75 Å². The van der Waals surface area contributed by atoms with Gasteiger partial charge in [-0.15, -0.1) is 0 Å². The van der Waals surface area contributed by atoms with Gasteiger partial charge < -0.3 is 15.0 Å². The Labute approximate surface area is 149 Å². The van der Waals surface area contributed by atoms with E-state index in [4.69, 9.17) is 4.74 Å². The number of amides is 2. The van der Waals surface area contributed by atoms with E-state index in [0.717, 1.165) is 31.5 Å². The van der Waals surface area contributed by atoms with E-state index in [1.807, 2.05) is 24.3 Å². The molecule has 0 saturated carbocycles. The Hall–Kier alpha value is -2.30. The maximum atomic E-state index is 11.9. The molecule has 1 fully saturated rings. The van der Waals surface area contributed by atoms with Gasteiger partial charge >= 0.3 is 0 Å². The van der Waals surface area contributed by atoms with Gasteiger partial charge in [-0.2, -0.15) is 0 Å². The Bertz CT molecular complexity index is 654. The fourth-order valence-electron chi connectivity index (χ4n) is 3.36. The number of nitrogens with one attached hydrogen (secondary N) is 1. The van der Waals surface area contributed by atoms with Gasteiger partial charge in [-0.3, -0.25) is 9.59 Å². The summed E-state index contributed by atoms with van der Waals surface area (Å²) in [7, 11) is 0. The molecule has 1 N–H and O–H groups in total. The van der Waals surface area contributed by atoms with Crippen LogP contribution in [0.1, 0.15) is 44.9 Å². The minimum atomic E-state index is -0.112. The Morgan fingerprint density at radius 3 is 2.88 bits per heavy atom. The summed E-state index contributed by atoms with van der Waals surface area (Å²) in [5.41, 5.74) is 2.29. The molecule has 5 heteroatoms. The largest absolute Gasteiger partial charge is 0.484 e. The second kappa shape index (κ2) is 8.70. The molecule has 0 aromatic heterocycles. The zero-order valence-corrected chi connectivity index (χ0v) is 14.6. The first-order valence-electron chi connectivity index (χ1n) is 9.20. The molecular formula is C20H26N2O3. The summed E-state index contributed by atoms with van der Waals surface area (Å²) in [5.74, 6) is 0.647. The lowest BCUT2D eigenvalue weighted by molar-refractivity contribution is -0.123. The normalized spacial score (nSPS) is 17.4. The number of hydrogen-bond donors (Lipinski definition) is 1. The van der Waals surface area contributed by atoms with Gasteiger partial charge in [0.15, 0.2) is 6.61 Å². The van der Waals surface area contributed by atoms with Gasteiger partial charge in [0, 0.05) is 31.3 Å². The average Bonchev–Trinajstić information content (AvgIpc) is 3.07. The highest BCUT2D eigenvalue weighted by atomic mass is 16.5. The van der Waals surface area contributed by atoms with Crippen LogP contribution in [-0.4, -0.2) is 31.5 Å². The molecule has 1 aliphatic heterocycles. The molecule has 2 amide bonds. The third kappa shape index (κ3) is 5.08. The molecule has 0 spiro atoms. The van der Waals surface area contributed by atoms with Crippen molar-refractivity contribution in [3.8, 4) is 5.75 Å². The topological polar surface area (TPSA) is 58.6 Å². The number of allylic oxidation sites excluding steroid dienone is 1. The third-order valence-corrected chi connectivity index (χ3v) is 4.73. The van der Waals surface area contributed by atoms with E-state index in [1.165, 1.54) is 24.8 Å². The minimum absolute atomic E-state index is 0.00352. The van der Waals surface area contributed by atoms with Gasteiger partial charge in [0.25, 0.3) is 5.91 Å². The second-order valence-corrected chi connectivity index (χ2v) is 6.64. The molecule has 25 heavy (non-hydrogen) atoms. The monoisotopic (exact) mass is 342 g/mol. The van der Waals surface area contributed by atoms with Gasteiger partial charge in [-0.05, 0) is 50.7 Å². The Balaban J connectivity index is 1.42. The molecule has 0 radical (unpaired) electrons. The van der Waals surface area contributed by atoms with Crippen molar-refractivity contribution in [3.05, 3.63) is 35.9 Å². The van der Waals surface area contributed by atoms with Crippen molar-refractivity contribution in [1.82, 2.24) is 5.32 Å². The Morgan fingerprint density at radius 2 is 2.12 bits per heavy atom. The van der Waals surface area contributed by atoms with E-state index in [-0.39, 0.29) is 18.4 Å². The molecule has 1 saturated heterocycles. The number of rotatable bonds is 7. The molecule has 0 atom stereocenters. The highest BCUT2D eigenvalue weighted by Gasteiger charge is 2.21. The lowest BCUT2D eigenvalue weighted by atomic mass is 9.97. The fraction of sp³-hybridized carbons (Fsp3) is 0.500. The zero-order chi connectivity index (χ0) is 17.5. The predicted octanol–water partition coefficient (Wildman–Crippen LogP) is 3.20. The summed E-state index contributed by atoms with van der Waals surface area (Å²) in [6.07, 6.45) is 9.60. The molecule has 0 unspecified atom stereocenters. The highest BCUT2D eigenvalue weighted by molar-refractivity contribution is 5.95. The van der Waals surface area contributed by atoms with E-state index in [1.54, 1.807) is 4.90 Å². The second-order valence-electron chi connectivity index (χ2n) is 6.64.